The molecule has 0 aliphatic rings. The fourth-order valence-corrected chi connectivity index (χ4v) is 1.15. The number of allylic oxidation sites excluding steroid dienone is 1. The Hall–Kier alpha value is -1.37. The predicted molar refractivity (Wildman–Crippen MR) is 55.4 cm³/mol. The fourth-order valence-electron chi connectivity index (χ4n) is 1.15. The van der Waals surface area contributed by atoms with Gasteiger partial charge in [0.25, 0.3) is 0 Å². The smallest absolute Gasteiger partial charge is 0.130 e. The van der Waals surface area contributed by atoms with Gasteiger partial charge < -0.3 is 4.79 Å². The summed E-state index contributed by atoms with van der Waals surface area (Å²) in [4.78, 5) is 10.7. The standard InChI is InChI=1S/C12H14O/c1-10(8-9-11(2)13)12-6-4-3-5-7-12/h3-7H,1,8-9H2,2H3. The third kappa shape index (κ3) is 3.24. The van der Waals surface area contributed by atoms with Crippen molar-refractivity contribution in [3.05, 3.63) is 42.5 Å². The van der Waals surface area contributed by atoms with Crippen molar-refractivity contribution in [2.45, 2.75) is 19.8 Å². The summed E-state index contributed by atoms with van der Waals surface area (Å²) in [6, 6.07) is 9.97. The fraction of sp³-hybridized carbons (Fsp3) is 0.250. The second-order valence-corrected chi connectivity index (χ2v) is 3.17. The van der Waals surface area contributed by atoms with Crippen LogP contribution >= 0.6 is 0 Å². The zero-order valence-electron chi connectivity index (χ0n) is 7.92. The second kappa shape index (κ2) is 4.61. The number of hydrogen-bond donors (Lipinski definition) is 0. The van der Waals surface area contributed by atoms with Gasteiger partial charge in [-0.05, 0) is 24.5 Å². The van der Waals surface area contributed by atoms with Gasteiger partial charge in [0, 0.05) is 6.42 Å². The summed E-state index contributed by atoms with van der Waals surface area (Å²) in [6.45, 7) is 5.55. The first kappa shape index (κ1) is 9.72. The number of ketones is 1. The van der Waals surface area contributed by atoms with Crippen molar-refractivity contribution < 1.29 is 4.79 Å². The minimum Gasteiger partial charge on any atom is -0.300 e. The average molecular weight is 174 g/mol. The first-order valence-corrected chi connectivity index (χ1v) is 4.43. The molecule has 0 amide bonds. The summed E-state index contributed by atoms with van der Waals surface area (Å²) in [5, 5.41) is 0. The monoisotopic (exact) mass is 174 g/mol. The molecule has 0 aromatic heterocycles. The third-order valence-electron chi connectivity index (χ3n) is 1.96. The Morgan fingerprint density at radius 3 is 2.38 bits per heavy atom. The maximum absolute atomic E-state index is 10.7. The van der Waals surface area contributed by atoms with Gasteiger partial charge in [-0.1, -0.05) is 36.9 Å². The number of carbonyl (C=O) groups is 1. The molecule has 0 unspecified atom stereocenters. The Labute approximate surface area is 79.1 Å². The Morgan fingerprint density at radius 1 is 1.23 bits per heavy atom. The van der Waals surface area contributed by atoms with Crippen LogP contribution in [0.4, 0.5) is 0 Å². The van der Waals surface area contributed by atoms with E-state index < -0.39 is 0 Å². The van der Waals surface area contributed by atoms with Crippen molar-refractivity contribution in [3.63, 3.8) is 0 Å². The van der Waals surface area contributed by atoms with Crippen LogP contribution in [0.25, 0.3) is 5.57 Å². The third-order valence-corrected chi connectivity index (χ3v) is 1.96. The summed E-state index contributed by atoms with van der Waals surface area (Å²) in [7, 11) is 0. The van der Waals surface area contributed by atoms with E-state index >= 15 is 0 Å². The highest BCUT2D eigenvalue weighted by Crippen LogP contribution is 2.16. The van der Waals surface area contributed by atoms with Crippen LogP contribution in [-0.4, -0.2) is 5.78 Å². The molecular formula is C12H14O. The van der Waals surface area contributed by atoms with Crippen molar-refractivity contribution in [2.24, 2.45) is 0 Å². The maximum atomic E-state index is 10.7. The SMILES string of the molecule is C=C(CCC(C)=O)c1ccccc1. The summed E-state index contributed by atoms with van der Waals surface area (Å²) in [5.41, 5.74) is 2.17. The van der Waals surface area contributed by atoms with E-state index in [0.29, 0.717) is 6.42 Å². The van der Waals surface area contributed by atoms with Crippen LogP contribution in [0.1, 0.15) is 25.3 Å². The molecular weight excluding hydrogens is 160 g/mol. The first-order valence-electron chi connectivity index (χ1n) is 4.43. The molecule has 0 aliphatic heterocycles. The number of carbonyl (C=O) groups excluding carboxylic acids is 1. The molecule has 0 fully saturated rings. The molecule has 0 atom stereocenters. The van der Waals surface area contributed by atoms with E-state index in [1.807, 2.05) is 30.3 Å². The lowest BCUT2D eigenvalue weighted by Gasteiger charge is -2.03. The molecule has 13 heavy (non-hydrogen) atoms. The Balaban J connectivity index is 2.54. The quantitative estimate of drug-likeness (QED) is 0.685. The zero-order chi connectivity index (χ0) is 9.68. The topological polar surface area (TPSA) is 17.1 Å². The van der Waals surface area contributed by atoms with E-state index in [-0.39, 0.29) is 5.78 Å². The van der Waals surface area contributed by atoms with Crippen molar-refractivity contribution in [3.8, 4) is 0 Å². The molecule has 1 nitrogen and oxygen atoms in total. The largest absolute Gasteiger partial charge is 0.300 e. The van der Waals surface area contributed by atoms with Gasteiger partial charge in [-0.3, -0.25) is 0 Å². The lowest BCUT2D eigenvalue weighted by Crippen LogP contribution is -1.90. The Kier molecular flexibility index (Phi) is 3.44. The molecule has 68 valence electrons. The van der Waals surface area contributed by atoms with E-state index in [2.05, 4.69) is 6.58 Å². The van der Waals surface area contributed by atoms with Gasteiger partial charge in [0.1, 0.15) is 5.78 Å². The molecule has 0 aliphatic carbocycles. The van der Waals surface area contributed by atoms with Crippen molar-refractivity contribution in [1.29, 1.82) is 0 Å². The lowest BCUT2D eigenvalue weighted by atomic mass is 10.0. The van der Waals surface area contributed by atoms with Crippen LogP contribution in [0.3, 0.4) is 0 Å². The van der Waals surface area contributed by atoms with Gasteiger partial charge in [0.15, 0.2) is 0 Å². The summed E-state index contributed by atoms with van der Waals surface area (Å²) in [5.74, 6) is 0.220. The Morgan fingerprint density at radius 2 is 1.85 bits per heavy atom. The van der Waals surface area contributed by atoms with E-state index in [1.54, 1.807) is 6.92 Å². The molecule has 1 rings (SSSR count). The molecule has 1 aromatic carbocycles. The summed E-state index contributed by atoms with van der Waals surface area (Å²) in [6.07, 6.45) is 1.35. The Bertz CT molecular complexity index is 298. The van der Waals surface area contributed by atoms with E-state index in [4.69, 9.17) is 0 Å². The highest BCUT2D eigenvalue weighted by atomic mass is 16.1. The summed E-state index contributed by atoms with van der Waals surface area (Å²) >= 11 is 0. The predicted octanol–water partition coefficient (Wildman–Crippen LogP) is 3.07. The molecule has 0 saturated heterocycles. The normalized spacial score (nSPS) is 9.62. The van der Waals surface area contributed by atoms with Crippen LogP contribution in [0.15, 0.2) is 36.9 Å². The first-order chi connectivity index (χ1) is 6.20. The summed E-state index contributed by atoms with van der Waals surface area (Å²) < 4.78 is 0. The van der Waals surface area contributed by atoms with Crippen LogP contribution in [0, 0.1) is 0 Å². The average Bonchev–Trinajstić information content (AvgIpc) is 2.15. The number of hydrogen-bond acceptors (Lipinski definition) is 1. The van der Waals surface area contributed by atoms with Gasteiger partial charge in [0.05, 0.1) is 0 Å². The molecule has 0 bridgehead atoms. The molecule has 0 heterocycles. The van der Waals surface area contributed by atoms with Crippen LogP contribution in [-0.2, 0) is 4.79 Å². The molecule has 1 heteroatoms. The van der Waals surface area contributed by atoms with Gasteiger partial charge in [-0.15, -0.1) is 0 Å². The van der Waals surface area contributed by atoms with Crippen LogP contribution in [0.2, 0.25) is 0 Å². The highest BCUT2D eigenvalue weighted by molar-refractivity contribution is 5.78. The van der Waals surface area contributed by atoms with Crippen molar-refractivity contribution in [1.82, 2.24) is 0 Å². The minimum absolute atomic E-state index is 0.220. The van der Waals surface area contributed by atoms with Gasteiger partial charge in [-0.25, -0.2) is 0 Å². The minimum atomic E-state index is 0.220. The second-order valence-electron chi connectivity index (χ2n) is 3.17. The molecule has 0 N–H and O–H groups in total. The number of benzene rings is 1. The van der Waals surface area contributed by atoms with Crippen molar-refractivity contribution >= 4 is 11.4 Å². The number of rotatable bonds is 4. The molecule has 0 radical (unpaired) electrons. The highest BCUT2D eigenvalue weighted by Gasteiger charge is 1.99. The van der Waals surface area contributed by atoms with Crippen molar-refractivity contribution in [2.75, 3.05) is 0 Å². The van der Waals surface area contributed by atoms with Gasteiger partial charge >= 0.3 is 0 Å². The maximum Gasteiger partial charge on any atom is 0.130 e. The van der Waals surface area contributed by atoms with E-state index in [9.17, 15) is 4.79 Å². The number of Topliss-reactive ketones (excluding diaryl/α,β-unsaturated/α-hetero) is 1. The van der Waals surface area contributed by atoms with Gasteiger partial charge in [0.2, 0.25) is 0 Å². The van der Waals surface area contributed by atoms with Crippen LogP contribution < -0.4 is 0 Å². The van der Waals surface area contributed by atoms with E-state index in [0.717, 1.165) is 17.6 Å². The molecule has 1 aromatic rings. The molecule has 0 saturated carbocycles. The van der Waals surface area contributed by atoms with Crippen LogP contribution in [0.5, 0.6) is 0 Å². The molecule has 0 spiro atoms. The van der Waals surface area contributed by atoms with Gasteiger partial charge in [-0.2, -0.15) is 0 Å². The van der Waals surface area contributed by atoms with E-state index in [1.165, 1.54) is 0 Å². The lowest BCUT2D eigenvalue weighted by molar-refractivity contribution is -0.116. The zero-order valence-corrected chi connectivity index (χ0v) is 7.92.